The summed E-state index contributed by atoms with van der Waals surface area (Å²) < 4.78 is 82.4. The van der Waals surface area contributed by atoms with Crippen LogP contribution in [-0.4, -0.2) is 51.2 Å². The van der Waals surface area contributed by atoms with Crippen molar-refractivity contribution in [1.29, 1.82) is 0 Å². The summed E-state index contributed by atoms with van der Waals surface area (Å²) in [6.45, 7) is 6.67. The van der Waals surface area contributed by atoms with Crippen LogP contribution < -0.4 is 0 Å². The van der Waals surface area contributed by atoms with Crippen LogP contribution in [0.3, 0.4) is 0 Å². The molecule has 0 saturated heterocycles. The zero-order valence-corrected chi connectivity index (χ0v) is 12.3. The molecule has 5 nitrogen and oxygen atoms in total. The molecule has 0 aliphatic rings. The van der Waals surface area contributed by atoms with Crippen LogP contribution in [0, 0.1) is 0 Å². The van der Waals surface area contributed by atoms with Gasteiger partial charge < -0.3 is 0 Å². The van der Waals surface area contributed by atoms with E-state index in [-0.39, 0.29) is 13.1 Å². The largest absolute Gasteiger partial charge is 0.497 e. The van der Waals surface area contributed by atoms with E-state index < -0.39 is 43.3 Å². The van der Waals surface area contributed by atoms with E-state index in [1.54, 1.807) is 0 Å². The van der Waals surface area contributed by atoms with E-state index in [9.17, 15) is 30.0 Å². The van der Waals surface area contributed by atoms with Crippen LogP contribution in [0.5, 0.6) is 0 Å². The van der Waals surface area contributed by atoms with Crippen LogP contribution in [0.25, 0.3) is 0 Å². The Labute approximate surface area is 116 Å². The first-order chi connectivity index (χ1) is 8.98. The van der Waals surface area contributed by atoms with Crippen LogP contribution in [0.1, 0.15) is 6.42 Å². The summed E-state index contributed by atoms with van der Waals surface area (Å²) in [6, 6.07) is 0. The molecule has 0 aliphatic heterocycles. The highest BCUT2D eigenvalue weighted by atomic mass is 32.2. The third-order valence-corrected chi connectivity index (χ3v) is 5.65. The molecule has 0 saturated carbocycles. The molecule has 0 unspecified atom stereocenters. The molecular weight excluding hydrogens is 319 g/mol. The van der Waals surface area contributed by atoms with Gasteiger partial charge in [-0.1, -0.05) is 12.2 Å². The van der Waals surface area contributed by atoms with Crippen molar-refractivity contribution in [3.63, 3.8) is 0 Å². The van der Waals surface area contributed by atoms with Crippen molar-refractivity contribution in [3.05, 3.63) is 25.3 Å². The van der Waals surface area contributed by atoms with Gasteiger partial charge in [-0.25, -0.2) is 16.8 Å². The summed E-state index contributed by atoms with van der Waals surface area (Å²) in [7, 11) is -9.15. The number of rotatable bonds is 9. The second-order valence-corrected chi connectivity index (χ2v) is 8.02. The Hall–Kier alpha value is -0.870. The Morgan fingerprint density at radius 1 is 0.950 bits per heavy atom. The fourth-order valence-corrected chi connectivity index (χ4v) is 3.64. The first-order valence-electron chi connectivity index (χ1n) is 5.46. The highest BCUT2D eigenvalue weighted by molar-refractivity contribution is 7.92. The Kier molecular flexibility index (Phi) is 6.91. The molecule has 0 aromatic rings. The number of halogens is 3. The van der Waals surface area contributed by atoms with Gasteiger partial charge in [0.2, 0.25) is 19.9 Å². The van der Waals surface area contributed by atoms with Gasteiger partial charge >= 0.3 is 5.51 Å². The molecule has 0 N–H and O–H groups in total. The third-order valence-electron chi connectivity index (χ3n) is 2.23. The van der Waals surface area contributed by atoms with Gasteiger partial charge in [-0.15, -0.1) is 13.2 Å². The van der Waals surface area contributed by atoms with E-state index in [4.69, 9.17) is 0 Å². The molecule has 0 fully saturated rings. The van der Waals surface area contributed by atoms with Crippen LogP contribution >= 0.6 is 0 Å². The van der Waals surface area contributed by atoms with Crippen LogP contribution in [0.4, 0.5) is 13.2 Å². The van der Waals surface area contributed by atoms with Gasteiger partial charge in [0.1, 0.15) is 0 Å². The monoisotopic (exact) mass is 335 g/mol. The van der Waals surface area contributed by atoms with E-state index in [0.717, 1.165) is 4.31 Å². The maximum Gasteiger partial charge on any atom is 0.497 e. The molecule has 0 aromatic carbocycles. The number of nitrogens with zero attached hydrogens (tertiary/aromatic N) is 1. The molecule has 0 spiro atoms. The minimum Gasteiger partial charge on any atom is -0.220 e. The van der Waals surface area contributed by atoms with Crippen LogP contribution in [0.2, 0.25) is 0 Å². The van der Waals surface area contributed by atoms with E-state index in [1.807, 2.05) is 0 Å². The SMILES string of the molecule is C=CCN(CC=C)S(=O)(=O)CCCS(=O)(=O)C(F)(F)F. The standard InChI is InChI=1S/C10H16F3NO4S2/c1-3-6-14(7-4-2)20(17,18)9-5-8-19(15,16)10(11,12)13/h3-4H,1-2,5-9H2. The summed E-state index contributed by atoms with van der Waals surface area (Å²) >= 11 is 0. The third kappa shape index (κ3) is 5.63. The predicted octanol–water partition coefficient (Wildman–Crippen LogP) is 1.31. The lowest BCUT2D eigenvalue weighted by molar-refractivity contribution is -0.0435. The van der Waals surface area contributed by atoms with Crippen molar-refractivity contribution in [2.45, 2.75) is 11.9 Å². The topological polar surface area (TPSA) is 71.5 Å². The Morgan fingerprint density at radius 3 is 1.75 bits per heavy atom. The molecule has 10 heteroatoms. The minimum absolute atomic E-state index is 0.0274. The van der Waals surface area contributed by atoms with Crippen LogP contribution in [0.15, 0.2) is 25.3 Å². The normalized spacial score (nSPS) is 13.4. The van der Waals surface area contributed by atoms with Gasteiger partial charge in [-0.05, 0) is 6.42 Å². The van der Waals surface area contributed by atoms with Crippen LogP contribution in [-0.2, 0) is 19.9 Å². The molecule has 0 aliphatic carbocycles. The van der Waals surface area contributed by atoms with E-state index in [0.29, 0.717) is 0 Å². The summed E-state index contributed by atoms with van der Waals surface area (Å²) in [5.41, 5.74) is -5.36. The molecule has 0 heterocycles. The Morgan fingerprint density at radius 2 is 1.40 bits per heavy atom. The number of sulfone groups is 1. The highest BCUT2D eigenvalue weighted by Gasteiger charge is 2.45. The maximum absolute atomic E-state index is 12.1. The summed E-state index contributed by atoms with van der Waals surface area (Å²) in [6.07, 6.45) is 2.00. The summed E-state index contributed by atoms with van der Waals surface area (Å²) in [5, 5.41) is 0. The zero-order chi connectivity index (χ0) is 16.0. The molecule has 0 bridgehead atoms. The van der Waals surface area contributed by atoms with Crippen molar-refractivity contribution in [1.82, 2.24) is 4.31 Å². The van der Waals surface area contributed by atoms with Gasteiger partial charge in [-0.3, -0.25) is 0 Å². The van der Waals surface area contributed by atoms with Gasteiger partial charge in [-0.2, -0.15) is 17.5 Å². The lowest BCUT2D eigenvalue weighted by atomic mass is 10.5. The highest BCUT2D eigenvalue weighted by Crippen LogP contribution is 2.24. The number of sulfonamides is 1. The molecular formula is C10H16F3NO4S2. The number of hydrogen-bond donors (Lipinski definition) is 0. The number of hydrogen-bond acceptors (Lipinski definition) is 4. The van der Waals surface area contributed by atoms with Crippen molar-refractivity contribution < 1.29 is 30.0 Å². The molecule has 0 atom stereocenters. The quantitative estimate of drug-likeness (QED) is 0.596. The van der Waals surface area contributed by atoms with Crippen molar-refractivity contribution in [3.8, 4) is 0 Å². The summed E-state index contributed by atoms with van der Waals surface area (Å²) in [5.74, 6) is -1.95. The van der Waals surface area contributed by atoms with Crippen molar-refractivity contribution in [2.75, 3.05) is 24.6 Å². The zero-order valence-electron chi connectivity index (χ0n) is 10.6. The fourth-order valence-electron chi connectivity index (χ4n) is 1.27. The molecule has 0 radical (unpaired) electrons. The second-order valence-electron chi connectivity index (χ2n) is 3.83. The lowest BCUT2D eigenvalue weighted by Crippen LogP contribution is -2.34. The van der Waals surface area contributed by atoms with E-state index in [2.05, 4.69) is 13.2 Å². The summed E-state index contributed by atoms with van der Waals surface area (Å²) in [4.78, 5) is 0. The van der Waals surface area contributed by atoms with Gasteiger partial charge in [0.25, 0.3) is 0 Å². The average Bonchev–Trinajstić information content (AvgIpc) is 2.26. The van der Waals surface area contributed by atoms with Crippen molar-refractivity contribution >= 4 is 19.9 Å². The Bertz CT molecular complexity index is 527. The minimum atomic E-state index is -5.36. The molecule has 20 heavy (non-hydrogen) atoms. The van der Waals surface area contributed by atoms with Crippen molar-refractivity contribution in [2.24, 2.45) is 0 Å². The maximum atomic E-state index is 12.1. The first-order valence-corrected chi connectivity index (χ1v) is 8.72. The molecule has 0 aromatic heterocycles. The van der Waals surface area contributed by atoms with E-state index in [1.165, 1.54) is 12.2 Å². The van der Waals surface area contributed by atoms with E-state index >= 15 is 0 Å². The fraction of sp³-hybridized carbons (Fsp3) is 0.600. The molecule has 0 amide bonds. The van der Waals surface area contributed by atoms with Gasteiger partial charge in [0, 0.05) is 13.1 Å². The molecule has 0 rings (SSSR count). The molecule has 118 valence electrons. The first kappa shape index (κ1) is 19.1. The smallest absolute Gasteiger partial charge is 0.220 e. The lowest BCUT2D eigenvalue weighted by Gasteiger charge is -2.18. The van der Waals surface area contributed by atoms with Gasteiger partial charge in [0.05, 0.1) is 11.5 Å². The Balaban J connectivity index is 4.72. The predicted molar refractivity (Wildman–Crippen MR) is 70.2 cm³/mol. The van der Waals surface area contributed by atoms with Gasteiger partial charge in [0.15, 0.2) is 0 Å². The number of alkyl halides is 3. The average molecular weight is 335 g/mol. The second kappa shape index (κ2) is 7.23.